The number of rotatable bonds is 5. The first kappa shape index (κ1) is 20.5. The molecule has 0 N–H and O–H groups in total. The lowest BCUT2D eigenvalue weighted by Crippen LogP contribution is -2.32. The Morgan fingerprint density at radius 3 is 1.36 bits per heavy atom. The molecule has 3 heteroatoms. The maximum atomic E-state index is 14.0. The quantitative estimate of drug-likeness (QED) is 0.331. The van der Waals surface area contributed by atoms with E-state index in [4.69, 9.17) is 0 Å². The van der Waals surface area contributed by atoms with Crippen molar-refractivity contribution in [3.05, 3.63) is 127 Å². The van der Waals surface area contributed by atoms with Crippen LogP contribution in [0.25, 0.3) is 0 Å². The van der Waals surface area contributed by atoms with Gasteiger partial charge in [0.25, 0.3) is 0 Å². The van der Waals surface area contributed by atoms with Crippen LogP contribution in [0.3, 0.4) is 0 Å². The van der Waals surface area contributed by atoms with Gasteiger partial charge in [0.05, 0.1) is 6.16 Å². The maximum Gasteiger partial charge on any atom is 0.123 e. The van der Waals surface area contributed by atoms with Crippen LogP contribution < -0.4 is 15.9 Å². The van der Waals surface area contributed by atoms with Crippen molar-refractivity contribution in [1.29, 1.82) is 0 Å². The molecule has 0 nitrogen and oxygen atoms in total. The van der Waals surface area contributed by atoms with Crippen LogP contribution in [0.15, 0.2) is 115 Å². The molecule has 28 heavy (non-hydrogen) atoms. The summed E-state index contributed by atoms with van der Waals surface area (Å²) in [4.78, 5) is 0. The van der Waals surface area contributed by atoms with Gasteiger partial charge in [-0.25, -0.2) is 4.39 Å². The Labute approximate surface area is 177 Å². The Hall–Kier alpha value is -2.28. The van der Waals surface area contributed by atoms with Gasteiger partial charge in [-0.1, -0.05) is 66.7 Å². The number of hydrogen-bond acceptors (Lipinski definition) is 0. The minimum atomic E-state index is -1.96. The molecule has 4 aromatic carbocycles. The second kappa shape index (κ2) is 9.28. The van der Waals surface area contributed by atoms with E-state index < -0.39 is 7.26 Å². The van der Waals surface area contributed by atoms with E-state index in [0.717, 1.165) is 11.7 Å². The van der Waals surface area contributed by atoms with E-state index in [1.54, 1.807) is 12.1 Å². The number of benzene rings is 4. The Morgan fingerprint density at radius 1 is 0.536 bits per heavy atom. The monoisotopic (exact) mass is 451 g/mol. The molecule has 0 spiro atoms. The maximum absolute atomic E-state index is 14.0. The molecule has 0 aromatic heterocycles. The summed E-state index contributed by atoms with van der Waals surface area (Å²) in [6, 6.07) is 39.1. The van der Waals surface area contributed by atoms with Crippen LogP contribution >= 0.6 is 24.2 Å². The van der Waals surface area contributed by atoms with Crippen molar-refractivity contribution in [2.45, 2.75) is 6.16 Å². The normalized spacial score (nSPS) is 10.9. The molecule has 0 heterocycles. The molecule has 4 rings (SSSR count). The summed E-state index contributed by atoms with van der Waals surface area (Å²) in [6.45, 7) is 0. The first-order chi connectivity index (χ1) is 13.3. The largest absolute Gasteiger partial charge is 0.207 e. The summed E-state index contributed by atoms with van der Waals surface area (Å²) in [5.74, 6) is -0.181. The summed E-state index contributed by atoms with van der Waals surface area (Å²) >= 11 is 0. The zero-order chi connectivity index (χ0) is 18.5. The molecule has 0 fully saturated rings. The fourth-order valence-corrected chi connectivity index (χ4v) is 7.91. The van der Waals surface area contributed by atoms with Gasteiger partial charge in [0.2, 0.25) is 0 Å². The van der Waals surface area contributed by atoms with Crippen molar-refractivity contribution < 1.29 is 4.39 Å². The van der Waals surface area contributed by atoms with Crippen LogP contribution in [0, 0.1) is 5.82 Å². The van der Waals surface area contributed by atoms with Gasteiger partial charge in [-0.05, 0) is 54.1 Å². The Balaban J connectivity index is 0.00000225. The third-order valence-electron chi connectivity index (χ3n) is 4.90. The average molecular weight is 452 g/mol. The molecular formula is C25H22BrFP+. The Bertz CT molecular complexity index is 907. The van der Waals surface area contributed by atoms with Crippen LogP contribution in [-0.4, -0.2) is 0 Å². The van der Waals surface area contributed by atoms with E-state index in [-0.39, 0.29) is 22.8 Å². The molecule has 0 aliphatic rings. The third-order valence-corrected chi connectivity index (χ3v) is 9.28. The second-order valence-electron chi connectivity index (χ2n) is 6.60. The van der Waals surface area contributed by atoms with Crippen LogP contribution in [0.2, 0.25) is 0 Å². The molecule has 0 aliphatic carbocycles. The minimum absolute atomic E-state index is 0. The van der Waals surface area contributed by atoms with E-state index in [9.17, 15) is 4.39 Å². The fourth-order valence-electron chi connectivity index (χ4n) is 3.68. The summed E-state index contributed by atoms with van der Waals surface area (Å²) in [7, 11) is -1.96. The van der Waals surface area contributed by atoms with E-state index in [2.05, 4.69) is 91.0 Å². The zero-order valence-corrected chi connectivity index (χ0v) is 18.0. The average Bonchev–Trinajstić information content (AvgIpc) is 2.74. The SMILES string of the molecule is Br.Fc1cccc(C[P+](c2ccccc2)(c2ccccc2)c2ccccc2)c1. The van der Waals surface area contributed by atoms with Crippen molar-refractivity contribution in [1.82, 2.24) is 0 Å². The van der Waals surface area contributed by atoms with Crippen molar-refractivity contribution in [2.75, 3.05) is 0 Å². The summed E-state index contributed by atoms with van der Waals surface area (Å²) in [6.07, 6.45) is 0.794. The molecule has 0 radical (unpaired) electrons. The van der Waals surface area contributed by atoms with Gasteiger partial charge in [0, 0.05) is 0 Å². The van der Waals surface area contributed by atoms with Crippen LogP contribution in [0.4, 0.5) is 4.39 Å². The fraction of sp³-hybridized carbons (Fsp3) is 0.0400. The van der Waals surface area contributed by atoms with Crippen molar-refractivity contribution in [2.24, 2.45) is 0 Å². The van der Waals surface area contributed by atoms with Crippen molar-refractivity contribution in [3.63, 3.8) is 0 Å². The van der Waals surface area contributed by atoms with Crippen LogP contribution in [-0.2, 0) is 6.16 Å². The molecule has 0 bridgehead atoms. The predicted octanol–water partition coefficient (Wildman–Crippen LogP) is 5.90. The molecule has 0 aliphatic heterocycles. The Morgan fingerprint density at radius 2 is 0.964 bits per heavy atom. The number of halogens is 2. The van der Waals surface area contributed by atoms with Gasteiger partial charge >= 0.3 is 0 Å². The highest BCUT2D eigenvalue weighted by molar-refractivity contribution is 8.93. The predicted molar refractivity (Wildman–Crippen MR) is 126 cm³/mol. The smallest absolute Gasteiger partial charge is 0.123 e. The number of hydrogen-bond donors (Lipinski definition) is 0. The highest BCUT2D eigenvalue weighted by Crippen LogP contribution is 2.58. The topological polar surface area (TPSA) is 0 Å². The van der Waals surface area contributed by atoms with Crippen molar-refractivity contribution >= 4 is 40.2 Å². The molecule has 0 saturated heterocycles. The lowest BCUT2D eigenvalue weighted by Gasteiger charge is -2.27. The van der Waals surface area contributed by atoms with Gasteiger partial charge in [-0.15, -0.1) is 17.0 Å². The van der Waals surface area contributed by atoms with Crippen LogP contribution in [0.1, 0.15) is 5.56 Å². The second-order valence-corrected chi connectivity index (χ2v) is 10.1. The third kappa shape index (κ3) is 4.09. The van der Waals surface area contributed by atoms with Gasteiger partial charge in [-0.3, -0.25) is 0 Å². The summed E-state index contributed by atoms with van der Waals surface area (Å²) in [5.41, 5.74) is 1.03. The lowest BCUT2D eigenvalue weighted by atomic mass is 10.2. The van der Waals surface area contributed by atoms with E-state index in [1.165, 1.54) is 22.0 Å². The van der Waals surface area contributed by atoms with Gasteiger partial charge in [0.1, 0.15) is 29.0 Å². The first-order valence-electron chi connectivity index (χ1n) is 9.08. The van der Waals surface area contributed by atoms with E-state index in [0.29, 0.717) is 0 Å². The summed E-state index contributed by atoms with van der Waals surface area (Å²) < 4.78 is 14.0. The van der Waals surface area contributed by atoms with Gasteiger partial charge < -0.3 is 0 Å². The molecule has 0 saturated carbocycles. The molecule has 0 unspecified atom stereocenters. The Kier molecular flexibility index (Phi) is 6.78. The van der Waals surface area contributed by atoms with E-state index >= 15 is 0 Å². The highest BCUT2D eigenvalue weighted by atomic mass is 79.9. The minimum Gasteiger partial charge on any atom is -0.207 e. The van der Waals surface area contributed by atoms with Crippen LogP contribution in [0.5, 0.6) is 0 Å². The van der Waals surface area contributed by atoms with E-state index in [1.807, 2.05) is 6.07 Å². The molecular weight excluding hydrogens is 430 g/mol. The highest BCUT2D eigenvalue weighted by Gasteiger charge is 2.45. The standard InChI is InChI=1S/C25H21FP.BrH/c26-22-12-10-11-21(19-22)20-27(23-13-4-1-5-14-23,24-15-6-2-7-16-24)25-17-8-3-9-18-25;/h1-19H,20H2;1H/q+1;. The zero-order valence-electron chi connectivity index (χ0n) is 15.4. The van der Waals surface area contributed by atoms with Gasteiger partial charge in [-0.2, -0.15) is 0 Å². The first-order valence-corrected chi connectivity index (χ1v) is 11.1. The molecule has 0 amide bonds. The molecule has 140 valence electrons. The molecule has 0 atom stereocenters. The lowest BCUT2D eigenvalue weighted by molar-refractivity contribution is 0.626. The summed E-state index contributed by atoms with van der Waals surface area (Å²) in [5, 5.41) is 3.94. The van der Waals surface area contributed by atoms with Gasteiger partial charge in [0.15, 0.2) is 0 Å². The molecule has 4 aromatic rings. The van der Waals surface area contributed by atoms with Crippen molar-refractivity contribution in [3.8, 4) is 0 Å².